The van der Waals surface area contributed by atoms with E-state index in [1.54, 1.807) is 0 Å². The Morgan fingerprint density at radius 2 is 1.27 bits per heavy atom. The molecule has 1 heterocycles. The van der Waals surface area contributed by atoms with Crippen LogP contribution in [-0.2, 0) is 5.41 Å². The summed E-state index contributed by atoms with van der Waals surface area (Å²) in [5.74, 6) is 0. The van der Waals surface area contributed by atoms with Crippen LogP contribution < -0.4 is 4.90 Å². The molecule has 0 amide bonds. The summed E-state index contributed by atoms with van der Waals surface area (Å²) in [6.07, 6.45) is 8.88. The summed E-state index contributed by atoms with van der Waals surface area (Å²) >= 11 is 1.88. The first-order valence-corrected chi connectivity index (χ1v) is 18.8. The molecule has 0 N–H and O–H groups in total. The van der Waals surface area contributed by atoms with Crippen LogP contribution in [0.4, 0.5) is 17.1 Å². The molecule has 0 aliphatic heterocycles. The fourth-order valence-corrected chi connectivity index (χ4v) is 9.73. The van der Waals surface area contributed by atoms with Crippen LogP contribution in [-0.4, -0.2) is 0 Å². The van der Waals surface area contributed by atoms with Gasteiger partial charge in [-0.15, -0.1) is 11.3 Å². The van der Waals surface area contributed by atoms with Crippen molar-refractivity contribution in [2.45, 2.75) is 32.1 Å². The van der Waals surface area contributed by atoms with Gasteiger partial charge in [0, 0.05) is 42.6 Å². The molecule has 0 fully saturated rings. The van der Waals surface area contributed by atoms with Gasteiger partial charge in [0.25, 0.3) is 0 Å². The van der Waals surface area contributed by atoms with Gasteiger partial charge in [0.1, 0.15) is 0 Å². The molecular weight excluding hydrogens is 635 g/mol. The minimum atomic E-state index is -0.0306. The molecule has 0 spiro atoms. The van der Waals surface area contributed by atoms with Crippen molar-refractivity contribution in [1.82, 2.24) is 0 Å². The van der Waals surface area contributed by atoms with E-state index in [0.29, 0.717) is 0 Å². The smallest absolute Gasteiger partial charge is 0.0468 e. The zero-order chi connectivity index (χ0) is 34.1. The molecule has 244 valence electrons. The van der Waals surface area contributed by atoms with Crippen molar-refractivity contribution in [3.8, 4) is 22.3 Å². The number of rotatable bonds is 5. The van der Waals surface area contributed by atoms with Crippen molar-refractivity contribution in [2.24, 2.45) is 0 Å². The summed E-state index contributed by atoms with van der Waals surface area (Å²) in [7, 11) is 0. The van der Waals surface area contributed by atoms with Crippen molar-refractivity contribution in [3.05, 3.63) is 181 Å². The zero-order valence-electron chi connectivity index (χ0n) is 28.9. The van der Waals surface area contributed by atoms with Crippen molar-refractivity contribution >= 4 is 64.9 Å². The van der Waals surface area contributed by atoms with Gasteiger partial charge in [-0.1, -0.05) is 129 Å². The number of benzene rings is 7. The lowest BCUT2D eigenvalue weighted by atomic mass is 9.82. The lowest BCUT2D eigenvalue weighted by Gasteiger charge is -2.28. The second-order valence-electron chi connectivity index (χ2n) is 14.4. The number of fused-ring (bicyclic) bond motifs is 8. The predicted molar refractivity (Wildman–Crippen MR) is 221 cm³/mol. The van der Waals surface area contributed by atoms with Crippen LogP contribution in [0.1, 0.15) is 43.4 Å². The predicted octanol–water partition coefficient (Wildman–Crippen LogP) is 14.4. The molecule has 0 saturated heterocycles. The first kappa shape index (κ1) is 30.2. The Morgan fingerprint density at radius 1 is 0.529 bits per heavy atom. The Morgan fingerprint density at radius 3 is 2.16 bits per heavy atom. The third kappa shape index (κ3) is 4.82. The van der Waals surface area contributed by atoms with E-state index in [0.717, 1.165) is 24.2 Å². The molecule has 51 heavy (non-hydrogen) atoms. The van der Waals surface area contributed by atoms with E-state index in [4.69, 9.17) is 0 Å². The first-order valence-electron chi connectivity index (χ1n) is 18.0. The molecule has 2 aliphatic carbocycles. The molecule has 7 aromatic carbocycles. The standard InChI is InChI=1S/C49H37NS/c1-49(2)44-20-8-6-16-40(44)43-31-37(26-28-45(43)49)50(36-15-10-14-34(30-36)32-12-4-3-5-13-32)35-24-22-33(23-25-35)38-18-11-19-41-39(38)27-29-47-48(41)42-17-7-9-21-46(42)51-47/h3-4,6-12,14-31H,5,13H2,1-2H3. The molecule has 1 aromatic heterocycles. The lowest BCUT2D eigenvalue weighted by molar-refractivity contribution is 0.660. The largest absolute Gasteiger partial charge is 0.310 e. The number of nitrogens with zero attached hydrogens (tertiary/aromatic N) is 1. The average Bonchev–Trinajstić information content (AvgIpc) is 3.68. The molecule has 1 nitrogen and oxygen atoms in total. The number of anilines is 3. The normalized spacial score (nSPS) is 14.5. The highest BCUT2D eigenvalue weighted by Gasteiger charge is 2.35. The van der Waals surface area contributed by atoms with Gasteiger partial charge >= 0.3 is 0 Å². The van der Waals surface area contributed by atoms with E-state index >= 15 is 0 Å². The molecule has 8 aromatic rings. The van der Waals surface area contributed by atoms with Crippen LogP contribution >= 0.6 is 11.3 Å². The molecule has 2 heteroatoms. The van der Waals surface area contributed by atoms with E-state index in [9.17, 15) is 0 Å². The van der Waals surface area contributed by atoms with E-state index in [1.165, 1.54) is 81.1 Å². The van der Waals surface area contributed by atoms with Crippen molar-refractivity contribution in [3.63, 3.8) is 0 Å². The summed E-state index contributed by atoms with van der Waals surface area (Å²) in [4.78, 5) is 2.44. The van der Waals surface area contributed by atoms with E-state index in [-0.39, 0.29) is 5.41 Å². The molecule has 2 aliphatic rings. The summed E-state index contributed by atoms with van der Waals surface area (Å²) < 4.78 is 2.68. The highest BCUT2D eigenvalue weighted by molar-refractivity contribution is 7.26. The zero-order valence-corrected chi connectivity index (χ0v) is 29.7. The molecule has 0 atom stereocenters. The Kier molecular flexibility index (Phi) is 6.91. The quantitative estimate of drug-likeness (QED) is 0.176. The molecule has 10 rings (SSSR count). The molecular formula is C49H37NS. The second kappa shape index (κ2) is 11.7. The van der Waals surface area contributed by atoms with E-state index in [1.807, 2.05) is 11.3 Å². The molecule has 0 saturated carbocycles. The molecule has 0 bridgehead atoms. The monoisotopic (exact) mass is 671 g/mol. The Labute approximate surface area is 303 Å². The van der Waals surface area contributed by atoms with Gasteiger partial charge < -0.3 is 4.90 Å². The van der Waals surface area contributed by atoms with Crippen LogP contribution in [0.2, 0.25) is 0 Å². The lowest BCUT2D eigenvalue weighted by Crippen LogP contribution is -2.15. The van der Waals surface area contributed by atoms with Gasteiger partial charge in [0.15, 0.2) is 0 Å². The minimum absolute atomic E-state index is 0.0306. The van der Waals surface area contributed by atoms with Gasteiger partial charge in [0.05, 0.1) is 0 Å². The maximum absolute atomic E-state index is 2.44. The Hall–Kier alpha value is -5.70. The SMILES string of the molecule is CC1(C)c2ccccc2-c2cc(N(c3ccc(-c4cccc5c4ccc4sc6ccccc6c45)cc3)c3cccc(C4=CC=CCC4)c3)ccc21. The van der Waals surface area contributed by atoms with Gasteiger partial charge in [-0.3, -0.25) is 0 Å². The maximum atomic E-state index is 2.44. The van der Waals surface area contributed by atoms with Crippen molar-refractivity contribution < 1.29 is 0 Å². The fraction of sp³-hybridized carbons (Fsp3) is 0.102. The fourth-order valence-electron chi connectivity index (χ4n) is 8.61. The van der Waals surface area contributed by atoms with E-state index in [2.05, 4.69) is 183 Å². The second-order valence-corrected chi connectivity index (χ2v) is 15.5. The van der Waals surface area contributed by atoms with Crippen molar-refractivity contribution in [2.75, 3.05) is 4.90 Å². The van der Waals surface area contributed by atoms with Crippen molar-refractivity contribution in [1.29, 1.82) is 0 Å². The maximum Gasteiger partial charge on any atom is 0.0468 e. The average molecular weight is 672 g/mol. The van der Waals surface area contributed by atoms with Crippen LogP contribution in [0.15, 0.2) is 164 Å². The van der Waals surface area contributed by atoms with E-state index < -0.39 is 0 Å². The summed E-state index contributed by atoms with van der Waals surface area (Å²) in [6.45, 7) is 4.70. The summed E-state index contributed by atoms with van der Waals surface area (Å²) in [6, 6.07) is 54.5. The van der Waals surface area contributed by atoms with Gasteiger partial charge in [-0.25, -0.2) is 0 Å². The van der Waals surface area contributed by atoms with Crippen LogP contribution in [0, 0.1) is 0 Å². The third-order valence-electron chi connectivity index (χ3n) is 11.2. The number of thiophene rings is 1. The topological polar surface area (TPSA) is 3.24 Å². The summed E-state index contributed by atoms with van der Waals surface area (Å²) in [5.41, 5.74) is 14.1. The van der Waals surface area contributed by atoms with Crippen LogP contribution in [0.25, 0.3) is 58.8 Å². The summed E-state index contributed by atoms with van der Waals surface area (Å²) in [5, 5.41) is 5.31. The Balaban J connectivity index is 1.11. The number of hydrogen-bond acceptors (Lipinski definition) is 2. The number of allylic oxidation sites excluding steroid dienone is 4. The van der Waals surface area contributed by atoms with Gasteiger partial charge in [0.2, 0.25) is 0 Å². The first-order chi connectivity index (χ1) is 25.0. The van der Waals surface area contributed by atoms with Gasteiger partial charge in [-0.05, 0) is 117 Å². The number of hydrogen-bond donors (Lipinski definition) is 0. The van der Waals surface area contributed by atoms with Crippen LogP contribution in [0.5, 0.6) is 0 Å². The molecule has 0 unspecified atom stereocenters. The van der Waals surface area contributed by atoms with Gasteiger partial charge in [-0.2, -0.15) is 0 Å². The highest BCUT2D eigenvalue weighted by atomic mass is 32.1. The van der Waals surface area contributed by atoms with Crippen LogP contribution in [0.3, 0.4) is 0 Å². The highest BCUT2D eigenvalue weighted by Crippen LogP contribution is 2.51. The molecule has 0 radical (unpaired) electrons. The minimum Gasteiger partial charge on any atom is -0.310 e. The third-order valence-corrected chi connectivity index (χ3v) is 12.3. The Bertz CT molecular complexity index is 2720.